The molecule has 2 fully saturated rings. The van der Waals surface area contributed by atoms with Gasteiger partial charge in [0.2, 0.25) is 11.8 Å². The van der Waals surface area contributed by atoms with Crippen molar-refractivity contribution >= 4 is 11.8 Å². The van der Waals surface area contributed by atoms with Crippen LogP contribution in [0.1, 0.15) is 39.0 Å². The van der Waals surface area contributed by atoms with E-state index in [9.17, 15) is 9.59 Å². The monoisotopic (exact) mass is 224 g/mol. The molecule has 0 unspecified atom stereocenters. The number of carbonyl (C=O) groups is 2. The largest absolute Gasteiger partial charge is 0.353 e. The molecule has 0 spiro atoms. The number of hydrogen-bond acceptors (Lipinski definition) is 2. The van der Waals surface area contributed by atoms with Gasteiger partial charge < -0.3 is 10.2 Å². The first-order valence-electron chi connectivity index (χ1n) is 6.18. The highest BCUT2D eigenvalue weighted by Gasteiger charge is 2.38. The fourth-order valence-electron chi connectivity index (χ4n) is 2.74. The second-order valence-electron chi connectivity index (χ2n) is 5.20. The molecule has 1 saturated heterocycles. The summed E-state index contributed by atoms with van der Waals surface area (Å²) in [5.41, 5.74) is -0.212. The molecule has 0 atom stereocenters. The molecule has 0 bridgehead atoms. The van der Waals surface area contributed by atoms with E-state index in [1.165, 1.54) is 6.42 Å². The van der Waals surface area contributed by atoms with Crippen LogP contribution in [0.3, 0.4) is 0 Å². The SMILES string of the molecule is CC1(C(=O)N2CCNC(=O)C2)CCCCC1. The summed E-state index contributed by atoms with van der Waals surface area (Å²) in [6.07, 6.45) is 5.47. The molecule has 2 aliphatic rings. The Morgan fingerprint density at radius 1 is 1.31 bits per heavy atom. The highest BCUT2D eigenvalue weighted by molar-refractivity contribution is 5.88. The first-order chi connectivity index (χ1) is 7.62. The molecule has 0 radical (unpaired) electrons. The zero-order valence-electron chi connectivity index (χ0n) is 9.92. The number of carbonyl (C=O) groups excluding carboxylic acids is 2. The summed E-state index contributed by atoms with van der Waals surface area (Å²) >= 11 is 0. The minimum absolute atomic E-state index is 0.0287. The Balaban J connectivity index is 2.02. The van der Waals surface area contributed by atoms with Crippen molar-refractivity contribution in [3.63, 3.8) is 0 Å². The van der Waals surface area contributed by atoms with Gasteiger partial charge in [0.25, 0.3) is 0 Å². The van der Waals surface area contributed by atoms with Crippen molar-refractivity contribution in [2.45, 2.75) is 39.0 Å². The summed E-state index contributed by atoms with van der Waals surface area (Å²) in [6.45, 7) is 3.57. The van der Waals surface area contributed by atoms with E-state index in [2.05, 4.69) is 12.2 Å². The Hall–Kier alpha value is -1.06. The van der Waals surface area contributed by atoms with Gasteiger partial charge in [-0.25, -0.2) is 0 Å². The third kappa shape index (κ3) is 2.20. The van der Waals surface area contributed by atoms with E-state index < -0.39 is 0 Å². The van der Waals surface area contributed by atoms with Crippen LogP contribution in [0.5, 0.6) is 0 Å². The van der Waals surface area contributed by atoms with Gasteiger partial charge in [0, 0.05) is 18.5 Å². The maximum atomic E-state index is 12.4. The fourth-order valence-corrected chi connectivity index (χ4v) is 2.74. The minimum Gasteiger partial charge on any atom is -0.353 e. The molecule has 1 heterocycles. The van der Waals surface area contributed by atoms with E-state index in [4.69, 9.17) is 0 Å². The summed E-state index contributed by atoms with van der Waals surface area (Å²) in [5.74, 6) is 0.154. The van der Waals surface area contributed by atoms with E-state index in [1.54, 1.807) is 4.90 Å². The zero-order valence-corrected chi connectivity index (χ0v) is 9.92. The lowest BCUT2D eigenvalue weighted by molar-refractivity contribution is -0.147. The molecule has 16 heavy (non-hydrogen) atoms. The molecule has 0 aromatic carbocycles. The molecule has 2 amide bonds. The summed E-state index contributed by atoms with van der Waals surface area (Å²) < 4.78 is 0. The van der Waals surface area contributed by atoms with Gasteiger partial charge in [-0.05, 0) is 12.8 Å². The lowest BCUT2D eigenvalue weighted by Gasteiger charge is -2.38. The van der Waals surface area contributed by atoms with Crippen molar-refractivity contribution < 1.29 is 9.59 Å². The van der Waals surface area contributed by atoms with Gasteiger partial charge in [-0.2, -0.15) is 0 Å². The topological polar surface area (TPSA) is 49.4 Å². The highest BCUT2D eigenvalue weighted by atomic mass is 16.2. The Bertz CT molecular complexity index is 295. The van der Waals surface area contributed by atoms with Gasteiger partial charge in [-0.1, -0.05) is 26.2 Å². The molecule has 4 heteroatoms. The number of nitrogens with one attached hydrogen (secondary N) is 1. The third-order valence-electron chi connectivity index (χ3n) is 3.80. The van der Waals surface area contributed by atoms with Gasteiger partial charge in [-0.3, -0.25) is 9.59 Å². The van der Waals surface area contributed by atoms with Gasteiger partial charge in [-0.15, -0.1) is 0 Å². The molecule has 1 aliphatic carbocycles. The van der Waals surface area contributed by atoms with Crippen LogP contribution in [-0.4, -0.2) is 36.3 Å². The van der Waals surface area contributed by atoms with Crippen LogP contribution in [0.15, 0.2) is 0 Å². The van der Waals surface area contributed by atoms with E-state index in [0.717, 1.165) is 25.7 Å². The van der Waals surface area contributed by atoms with Gasteiger partial charge in [0.1, 0.15) is 0 Å². The van der Waals surface area contributed by atoms with E-state index in [0.29, 0.717) is 13.1 Å². The smallest absolute Gasteiger partial charge is 0.239 e. The zero-order chi connectivity index (χ0) is 11.6. The van der Waals surface area contributed by atoms with Crippen molar-refractivity contribution in [3.05, 3.63) is 0 Å². The first kappa shape index (κ1) is 11.4. The molecule has 1 saturated carbocycles. The Labute approximate surface area is 96.4 Å². The average Bonchev–Trinajstić information content (AvgIpc) is 2.29. The molecule has 1 aliphatic heterocycles. The number of piperazine rings is 1. The predicted octanol–water partition coefficient (Wildman–Crippen LogP) is 0.915. The number of hydrogen-bond donors (Lipinski definition) is 1. The maximum Gasteiger partial charge on any atom is 0.239 e. The van der Waals surface area contributed by atoms with Crippen LogP contribution in [0, 0.1) is 5.41 Å². The quantitative estimate of drug-likeness (QED) is 0.720. The first-order valence-corrected chi connectivity index (χ1v) is 6.18. The molecule has 90 valence electrons. The summed E-state index contributed by atoms with van der Waals surface area (Å²) in [6, 6.07) is 0. The molecule has 2 rings (SSSR count). The predicted molar refractivity (Wildman–Crippen MR) is 60.8 cm³/mol. The molecule has 0 aromatic rings. The van der Waals surface area contributed by atoms with E-state index >= 15 is 0 Å². The number of amides is 2. The highest BCUT2D eigenvalue weighted by Crippen LogP contribution is 2.37. The van der Waals surface area contributed by atoms with Crippen LogP contribution < -0.4 is 5.32 Å². The lowest BCUT2D eigenvalue weighted by atomic mass is 9.74. The van der Waals surface area contributed by atoms with Crippen molar-refractivity contribution in [3.8, 4) is 0 Å². The molecule has 0 aromatic heterocycles. The van der Waals surface area contributed by atoms with Crippen molar-refractivity contribution in [2.75, 3.05) is 19.6 Å². The third-order valence-corrected chi connectivity index (χ3v) is 3.80. The molecule has 1 N–H and O–H groups in total. The normalized spacial score (nSPS) is 25.1. The average molecular weight is 224 g/mol. The van der Waals surface area contributed by atoms with Crippen molar-refractivity contribution in [1.82, 2.24) is 10.2 Å². The number of nitrogens with zero attached hydrogens (tertiary/aromatic N) is 1. The van der Waals surface area contributed by atoms with Crippen LogP contribution >= 0.6 is 0 Å². The van der Waals surface area contributed by atoms with E-state index in [-0.39, 0.29) is 23.8 Å². The summed E-state index contributed by atoms with van der Waals surface area (Å²) in [7, 11) is 0. The molecule has 4 nitrogen and oxygen atoms in total. The Morgan fingerprint density at radius 3 is 2.62 bits per heavy atom. The van der Waals surface area contributed by atoms with Crippen molar-refractivity contribution in [1.29, 1.82) is 0 Å². The lowest BCUT2D eigenvalue weighted by Crippen LogP contribution is -2.54. The van der Waals surface area contributed by atoms with Crippen LogP contribution in [0.2, 0.25) is 0 Å². The van der Waals surface area contributed by atoms with E-state index in [1.807, 2.05) is 0 Å². The Kier molecular flexibility index (Phi) is 3.17. The van der Waals surface area contributed by atoms with Crippen molar-refractivity contribution in [2.24, 2.45) is 5.41 Å². The van der Waals surface area contributed by atoms with Crippen LogP contribution in [0.4, 0.5) is 0 Å². The fraction of sp³-hybridized carbons (Fsp3) is 0.833. The van der Waals surface area contributed by atoms with Gasteiger partial charge >= 0.3 is 0 Å². The Morgan fingerprint density at radius 2 is 2.00 bits per heavy atom. The summed E-state index contributed by atoms with van der Waals surface area (Å²) in [5, 5.41) is 2.75. The minimum atomic E-state index is -0.212. The standard InChI is InChI=1S/C12H20N2O2/c1-12(5-3-2-4-6-12)11(16)14-8-7-13-10(15)9-14/h2-9H2,1H3,(H,13,15). The maximum absolute atomic E-state index is 12.4. The van der Waals surface area contributed by atoms with Crippen LogP contribution in [-0.2, 0) is 9.59 Å². The van der Waals surface area contributed by atoms with Crippen LogP contribution in [0.25, 0.3) is 0 Å². The summed E-state index contributed by atoms with van der Waals surface area (Å²) in [4.78, 5) is 25.4. The second-order valence-corrected chi connectivity index (χ2v) is 5.20. The number of rotatable bonds is 1. The van der Waals surface area contributed by atoms with Gasteiger partial charge in [0.05, 0.1) is 6.54 Å². The second kappa shape index (κ2) is 4.44. The molecular weight excluding hydrogens is 204 g/mol. The van der Waals surface area contributed by atoms with Gasteiger partial charge in [0.15, 0.2) is 0 Å². The molecular formula is C12H20N2O2.